The number of hydrogen-bond donors (Lipinski definition) is 0. The highest BCUT2D eigenvalue weighted by Crippen LogP contribution is 2.46. The summed E-state index contributed by atoms with van der Waals surface area (Å²) in [5.41, 5.74) is 17.0. The number of aromatic nitrogens is 2. The Bertz CT molecular complexity index is 7690. The van der Waals surface area contributed by atoms with E-state index in [-0.39, 0.29) is 46.7 Å². The van der Waals surface area contributed by atoms with Crippen LogP contribution in [0, 0.1) is 0 Å². The lowest BCUT2D eigenvalue weighted by Crippen LogP contribution is -2.11. The summed E-state index contributed by atoms with van der Waals surface area (Å²) >= 11 is 0. The van der Waals surface area contributed by atoms with Crippen molar-refractivity contribution in [1.82, 2.24) is 9.13 Å². The summed E-state index contributed by atoms with van der Waals surface area (Å²) < 4.78 is 161. The first kappa shape index (κ1) is 51.4. The summed E-state index contributed by atoms with van der Waals surface area (Å²) in [6.45, 7) is 0. The van der Waals surface area contributed by atoms with Crippen LogP contribution < -0.4 is 9.80 Å². The van der Waals surface area contributed by atoms with E-state index in [2.05, 4.69) is 106 Å². The minimum Gasteiger partial charge on any atom is -0.310 e. The molecule has 2 heterocycles. The number of nitrogens with zero attached hydrogens (tertiary/aromatic N) is 4. The third-order valence-corrected chi connectivity index (χ3v) is 20.4. The molecule has 2 aromatic heterocycles. The lowest BCUT2D eigenvalue weighted by Gasteiger charge is -2.28. The zero-order valence-electron chi connectivity index (χ0n) is 77.4. The van der Waals surface area contributed by atoms with Gasteiger partial charge >= 0.3 is 0 Å². The monoisotopic (exact) mass is 1450 g/mol. The van der Waals surface area contributed by atoms with Crippen LogP contribution in [0.1, 0.15) is 23.3 Å². The van der Waals surface area contributed by atoms with E-state index in [4.69, 9.17) is 9.60 Å². The van der Waals surface area contributed by atoms with Crippen LogP contribution >= 0.6 is 0 Å². The molecule has 0 fully saturated rings. The van der Waals surface area contributed by atoms with Crippen molar-refractivity contribution in [2.75, 3.05) is 9.80 Å². The van der Waals surface area contributed by atoms with Gasteiger partial charge in [0.1, 0.15) is 0 Å². The molecule has 0 atom stereocenters. The first-order chi connectivity index (χ1) is 62.6. The molecule has 20 rings (SSSR count). The van der Waals surface area contributed by atoms with Crippen LogP contribution in [0.5, 0.6) is 0 Å². The molecule has 0 aliphatic rings. The van der Waals surface area contributed by atoms with Gasteiger partial charge in [-0.25, -0.2) is 0 Å². The molecule has 0 amide bonds. The second-order valence-corrected chi connectivity index (χ2v) is 27.0. The lowest BCUT2D eigenvalue weighted by molar-refractivity contribution is 1.18. The van der Waals surface area contributed by atoms with E-state index in [9.17, 15) is 13.7 Å². The molecule has 528 valence electrons. The molecule has 0 aliphatic heterocycles. The number of fused-ring (bicyclic) bond motifs is 6. The van der Waals surface area contributed by atoms with E-state index < -0.39 is 101 Å². The van der Waals surface area contributed by atoms with Gasteiger partial charge in [0.05, 0.1) is 56.7 Å². The van der Waals surface area contributed by atoms with Crippen molar-refractivity contribution >= 4 is 77.7 Å². The Hall–Kier alpha value is -14.8. The average Bonchev–Trinajstić information content (AvgIpc) is 1.41. The quantitative estimate of drug-likeness (QED) is 0.0959. The second kappa shape index (κ2) is 30.4. The minimum atomic E-state index is -0.749. The van der Waals surface area contributed by atoms with Gasteiger partial charge in [-0.1, -0.05) is 339 Å². The molecular weight excluding hydrogens is 1350 g/mol. The fourth-order valence-electron chi connectivity index (χ4n) is 15.0. The summed E-state index contributed by atoms with van der Waals surface area (Å²) in [5.74, 6) is 0. The topological polar surface area (TPSA) is 16.3 Å². The first-order valence-electron chi connectivity index (χ1n) is 45.5. The van der Waals surface area contributed by atoms with Gasteiger partial charge in [-0.15, -0.1) is 0 Å². The van der Waals surface area contributed by atoms with Gasteiger partial charge in [0.25, 0.3) is 0 Å². The smallest absolute Gasteiger partial charge is 0.0645 e. The van der Waals surface area contributed by atoms with Crippen LogP contribution in [0.25, 0.3) is 144 Å². The lowest BCUT2D eigenvalue weighted by atomic mass is 10.00. The molecule has 4 heteroatoms. The number of benzene rings is 18. The van der Waals surface area contributed by atoms with Crippen molar-refractivity contribution in [3.63, 3.8) is 0 Å². The Morgan fingerprint density at radius 2 is 0.500 bits per heavy atom. The molecule has 0 radical (unpaired) electrons. The normalized spacial score (nSPS) is 13.3. The van der Waals surface area contributed by atoms with E-state index in [0.29, 0.717) is 11.1 Å². The van der Waals surface area contributed by atoms with E-state index in [1.807, 2.05) is 235 Å². The van der Waals surface area contributed by atoms with Crippen molar-refractivity contribution in [3.8, 4) is 100 Å². The van der Waals surface area contributed by atoms with Gasteiger partial charge in [0, 0.05) is 66.8 Å². The summed E-state index contributed by atoms with van der Waals surface area (Å²) in [5, 5.41) is 3.71. The predicted molar refractivity (Wildman–Crippen MR) is 474 cm³/mol. The summed E-state index contributed by atoms with van der Waals surface area (Å²) in [6.07, 6.45) is 0. The van der Waals surface area contributed by atoms with Gasteiger partial charge in [-0.2, -0.15) is 0 Å². The van der Waals surface area contributed by atoms with Crippen LogP contribution in [0.2, 0.25) is 0 Å². The van der Waals surface area contributed by atoms with Gasteiger partial charge in [-0.3, -0.25) is 0 Å². The number of hydrogen-bond acceptors (Lipinski definition) is 2. The molecule has 0 N–H and O–H groups in total. The number of para-hydroxylation sites is 4. The highest BCUT2D eigenvalue weighted by Gasteiger charge is 2.22. The zero-order valence-corrected chi connectivity index (χ0v) is 60.4. The Labute approximate surface area is 677 Å². The van der Waals surface area contributed by atoms with E-state index in [1.54, 1.807) is 30.3 Å². The van der Waals surface area contributed by atoms with Crippen LogP contribution in [0.15, 0.2) is 461 Å². The van der Waals surface area contributed by atoms with Crippen molar-refractivity contribution in [3.05, 3.63) is 461 Å². The molecule has 0 aliphatic carbocycles. The van der Waals surface area contributed by atoms with Crippen molar-refractivity contribution in [2.24, 2.45) is 0 Å². The molecule has 0 unspecified atom stereocenters. The molecule has 0 spiro atoms. The van der Waals surface area contributed by atoms with Gasteiger partial charge in [0.15, 0.2) is 0 Å². The Morgan fingerprint density at radius 3 is 0.929 bits per heavy atom. The number of rotatable bonds is 16. The predicted octanol–water partition coefficient (Wildman–Crippen LogP) is 29.8. The third kappa shape index (κ3) is 13.4. The molecule has 0 bridgehead atoms. The van der Waals surface area contributed by atoms with Gasteiger partial charge in [0.2, 0.25) is 0 Å². The molecule has 0 saturated heterocycles. The SMILES string of the molecule is [2H]c1c([2H])c(N(c2ccc(-c3ccccc3)cc2)c2ccccc2-c2ccccc2)c([2H])c([2H])c1-c1ccc2c(c1)c1ccccc1n2-c1ccc(-c2ccccc2)cc1.[2H]c1c([2H])c([2H])c(-c2c([2H])c([2H])c([2H])c([2H])c2N(c2ccc(-c3ccccc3)cc2)c2c([2H])c([2H])c(-c3ccc4c(c3)c3ccccc3n4-c3ccc(-c4ccccc4)cc3)c([2H])c2[2H])c([2H])c1[2H]. The van der Waals surface area contributed by atoms with Crippen molar-refractivity contribution in [2.45, 2.75) is 0 Å². The van der Waals surface area contributed by atoms with Crippen LogP contribution in [-0.2, 0) is 0 Å². The Kier molecular flexibility index (Phi) is 14.0. The van der Waals surface area contributed by atoms with E-state index in [0.717, 1.165) is 122 Å². The fourth-order valence-corrected chi connectivity index (χ4v) is 15.0. The molecule has 20 aromatic rings. The maximum Gasteiger partial charge on any atom is 0.0645 e. The highest BCUT2D eigenvalue weighted by molar-refractivity contribution is 6.12. The standard InChI is InChI=1S/2C54H38N2/c2*1-4-14-39(15-5-1)41-24-31-46(32-25-41)55(52-22-12-10-20-49(52)44-18-8-3-9-19-44)47-33-28-43(29-34-47)45-30-37-54-51(38-45)50-21-11-13-23-53(50)56(54)48-35-26-42(27-36-48)40-16-6-2-7-17-40/h2*1-38H/i3D,8D,9D,10D,12D,18D,19D,20D,22D,28D,29D,33D,34D;28D,29D,33D,34D. The first-order valence-corrected chi connectivity index (χ1v) is 37.0. The van der Waals surface area contributed by atoms with Gasteiger partial charge < -0.3 is 18.9 Å². The Balaban J connectivity index is 0.000000169. The minimum absolute atomic E-state index is 0.0140. The number of anilines is 6. The summed E-state index contributed by atoms with van der Waals surface area (Å²) in [6, 6.07) is 108. The summed E-state index contributed by atoms with van der Waals surface area (Å²) in [7, 11) is 0. The highest BCUT2D eigenvalue weighted by atomic mass is 15.2. The maximum absolute atomic E-state index is 9.71. The molecule has 4 nitrogen and oxygen atoms in total. The molecule has 112 heavy (non-hydrogen) atoms. The van der Waals surface area contributed by atoms with E-state index in [1.165, 1.54) is 4.90 Å². The van der Waals surface area contributed by atoms with Crippen LogP contribution in [-0.4, -0.2) is 9.13 Å². The largest absolute Gasteiger partial charge is 0.310 e. The zero-order chi connectivity index (χ0) is 89.3. The molecule has 0 saturated carbocycles. The molecular formula is C108H76N4. The fraction of sp³-hybridized carbons (Fsp3) is 0. The van der Waals surface area contributed by atoms with Crippen LogP contribution in [0.3, 0.4) is 0 Å². The van der Waals surface area contributed by atoms with Crippen molar-refractivity contribution < 1.29 is 23.3 Å². The maximum atomic E-state index is 9.71. The molecule has 18 aromatic carbocycles. The van der Waals surface area contributed by atoms with Gasteiger partial charge in [-0.05, 0) is 199 Å². The van der Waals surface area contributed by atoms with Crippen LogP contribution in [0.4, 0.5) is 34.1 Å². The Morgan fingerprint density at radius 1 is 0.179 bits per heavy atom. The average molecular weight is 1450 g/mol. The third-order valence-electron chi connectivity index (χ3n) is 20.4. The van der Waals surface area contributed by atoms with E-state index >= 15 is 0 Å². The second-order valence-electron chi connectivity index (χ2n) is 27.0. The van der Waals surface area contributed by atoms with Crippen molar-refractivity contribution in [1.29, 1.82) is 0 Å². The summed E-state index contributed by atoms with van der Waals surface area (Å²) in [4.78, 5) is 3.05.